The van der Waals surface area contributed by atoms with E-state index in [1.807, 2.05) is 0 Å². The van der Waals surface area contributed by atoms with Crippen LogP contribution in [0.5, 0.6) is 0 Å². The van der Waals surface area contributed by atoms with E-state index in [0.29, 0.717) is 0 Å². The molecule has 0 bridgehead atoms. The second-order valence-electron chi connectivity index (χ2n) is 3.57. The summed E-state index contributed by atoms with van der Waals surface area (Å²) < 4.78 is 1.16. The van der Waals surface area contributed by atoms with Gasteiger partial charge < -0.3 is 0 Å². The third-order valence-corrected chi connectivity index (χ3v) is 2.86. The van der Waals surface area contributed by atoms with Gasteiger partial charge in [-0.2, -0.15) is 0 Å². The molecule has 0 atom stereocenters. The second kappa shape index (κ2) is 4.61. The van der Waals surface area contributed by atoms with Gasteiger partial charge in [0.25, 0.3) is 0 Å². The predicted octanol–water partition coefficient (Wildman–Crippen LogP) is 4.27. The van der Waals surface area contributed by atoms with Crippen molar-refractivity contribution in [2.75, 3.05) is 0 Å². The number of rotatable bonds is 2. The van der Waals surface area contributed by atoms with E-state index in [0.717, 1.165) is 10.9 Å². The third-order valence-electron chi connectivity index (χ3n) is 2.37. The summed E-state index contributed by atoms with van der Waals surface area (Å²) in [6.07, 6.45) is 10.3. The average Bonchev–Trinajstić information content (AvgIpc) is 2.19. The van der Waals surface area contributed by atoms with Crippen molar-refractivity contribution in [2.24, 2.45) is 0 Å². The molecule has 1 aliphatic carbocycles. The fourth-order valence-electron chi connectivity index (χ4n) is 1.68. The van der Waals surface area contributed by atoms with Gasteiger partial charge in [-0.3, -0.25) is 0 Å². The van der Waals surface area contributed by atoms with Gasteiger partial charge in [-0.05, 0) is 42.5 Å². The SMILES string of the molecule is Brc1cccc(CC2=CCCC=C2)c1. The maximum absolute atomic E-state index is 3.49. The molecule has 0 aromatic heterocycles. The summed E-state index contributed by atoms with van der Waals surface area (Å²) in [7, 11) is 0. The molecule has 0 fully saturated rings. The summed E-state index contributed by atoms with van der Waals surface area (Å²) in [4.78, 5) is 0. The molecule has 0 radical (unpaired) electrons. The molecule has 1 aromatic rings. The Kier molecular flexibility index (Phi) is 3.20. The Morgan fingerprint density at radius 3 is 2.86 bits per heavy atom. The summed E-state index contributed by atoms with van der Waals surface area (Å²) in [5.74, 6) is 0. The minimum atomic E-state index is 1.05. The zero-order valence-corrected chi connectivity index (χ0v) is 9.63. The highest BCUT2D eigenvalue weighted by Gasteiger charge is 1.99. The fraction of sp³-hybridized carbons (Fsp3) is 0.231. The van der Waals surface area contributed by atoms with Crippen molar-refractivity contribution in [3.05, 3.63) is 58.1 Å². The smallest absolute Gasteiger partial charge is 0.0178 e. The molecule has 72 valence electrons. The molecule has 0 aliphatic heterocycles. The Bertz CT molecular complexity index is 375. The quantitative estimate of drug-likeness (QED) is 0.734. The van der Waals surface area contributed by atoms with Crippen LogP contribution < -0.4 is 0 Å². The lowest BCUT2D eigenvalue weighted by Gasteiger charge is -2.07. The van der Waals surface area contributed by atoms with Crippen LogP contribution in [0.3, 0.4) is 0 Å². The first kappa shape index (κ1) is 9.72. The van der Waals surface area contributed by atoms with Crippen molar-refractivity contribution in [3.63, 3.8) is 0 Å². The maximum Gasteiger partial charge on any atom is 0.0178 e. The van der Waals surface area contributed by atoms with Crippen molar-refractivity contribution < 1.29 is 0 Å². The lowest BCUT2D eigenvalue weighted by atomic mass is 10.00. The van der Waals surface area contributed by atoms with Crippen LogP contribution in [-0.4, -0.2) is 0 Å². The van der Waals surface area contributed by atoms with Crippen LogP contribution in [0.1, 0.15) is 18.4 Å². The third kappa shape index (κ3) is 2.58. The van der Waals surface area contributed by atoms with E-state index in [-0.39, 0.29) is 0 Å². The van der Waals surface area contributed by atoms with Gasteiger partial charge in [-0.1, -0.05) is 46.3 Å². The van der Waals surface area contributed by atoms with Crippen molar-refractivity contribution >= 4 is 15.9 Å². The first-order valence-electron chi connectivity index (χ1n) is 4.94. The molecule has 1 heteroatoms. The molecule has 2 rings (SSSR count). The Balaban J connectivity index is 2.10. The molecule has 0 unspecified atom stereocenters. The first-order chi connectivity index (χ1) is 6.84. The van der Waals surface area contributed by atoms with Crippen molar-refractivity contribution in [1.29, 1.82) is 0 Å². The van der Waals surface area contributed by atoms with Gasteiger partial charge in [0, 0.05) is 4.47 Å². The standard InChI is InChI=1S/C13H13Br/c14-13-8-4-7-12(10-13)9-11-5-2-1-3-6-11/h2,4-8,10H,1,3,9H2. The highest BCUT2D eigenvalue weighted by Crippen LogP contribution is 2.18. The van der Waals surface area contributed by atoms with E-state index in [4.69, 9.17) is 0 Å². The molecule has 0 saturated carbocycles. The van der Waals surface area contributed by atoms with E-state index in [1.165, 1.54) is 24.0 Å². The van der Waals surface area contributed by atoms with E-state index in [1.54, 1.807) is 0 Å². The molecule has 0 amide bonds. The highest BCUT2D eigenvalue weighted by molar-refractivity contribution is 9.10. The zero-order valence-electron chi connectivity index (χ0n) is 8.04. The fourth-order valence-corrected chi connectivity index (χ4v) is 2.13. The summed E-state index contributed by atoms with van der Waals surface area (Å²) in [6, 6.07) is 8.51. The summed E-state index contributed by atoms with van der Waals surface area (Å²) in [5, 5.41) is 0. The van der Waals surface area contributed by atoms with Gasteiger partial charge in [0.2, 0.25) is 0 Å². The van der Waals surface area contributed by atoms with Crippen LogP contribution in [-0.2, 0) is 6.42 Å². The second-order valence-corrected chi connectivity index (χ2v) is 4.48. The normalized spacial score (nSPS) is 15.4. The number of benzene rings is 1. The summed E-state index contributed by atoms with van der Waals surface area (Å²) in [6.45, 7) is 0. The van der Waals surface area contributed by atoms with Gasteiger partial charge in [-0.15, -0.1) is 0 Å². The van der Waals surface area contributed by atoms with E-state index in [2.05, 4.69) is 58.4 Å². The van der Waals surface area contributed by atoms with Gasteiger partial charge in [0.1, 0.15) is 0 Å². The number of allylic oxidation sites excluding steroid dienone is 4. The zero-order chi connectivity index (χ0) is 9.80. The minimum Gasteiger partial charge on any atom is -0.0840 e. The Labute approximate surface area is 93.5 Å². The van der Waals surface area contributed by atoms with Gasteiger partial charge in [0.05, 0.1) is 0 Å². The number of hydrogen-bond acceptors (Lipinski definition) is 0. The molecule has 0 N–H and O–H groups in total. The molecule has 0 spiro atoms. The largest absolute Gasteiger partial charge is 0.0840 e. The van der Waals surface area contributed by atoms with E-state index in [9.17, 15) is 0 Å². The van der Waals surface area contributed by atoms with Crippen molar-refractivity contribution in [2.45, 2.75) is 19.3 Å². The van der Waals surface area contributed by atoms with Gasteiger partial charge in [0.15, 0.2) is 0 Å². The summed E-state index contributed by atoms with van der Waals surface area (Å²) >= 11 is 3.49. The topological polar surface area (TPSA) is 0 Å². The first-order valence-corrected chi connectivity index (χ1v) is 5.74. The monoisotopic (exact) mass is 248 g/mol. The maximum atomic E-state index is 3.49. The lowest BCUT2D eigenvalue weighted by molar-refractivity contribution is 0.994. The van der Waals surface area contributed by atoms with Crippen LogP contribution in [0.4, 0.5) is 0 Å². The molecule has 0 saturated heterocycles. The predicted molar refractivity (Wildman–Crippen MR) is 64.3 cm³/mol. The Morgan fingerprint density at radius 2 is 2.14 bits per heavy atom. The Morgan fingerprint density at radius 1 is 1.21 bits per heavy atom. The molecule has 1 aliphatic rings. The van der Waals surface area contributed by atoms with Crippen LogP contribution in [0.15, 0.2) is 52.5 Å². The van der Waals surface area contributed by atoms with Gasteiger partial charge >= 0.3 is 0 Å². The number of halogens is 1. The molecular formula is C13H13Br. The minimum absolute atomic E-state index is 1.05. The molecule has 14 heavy (non-hydrogen) atoms. The van der Waals surface area contributed by atoms with E-state index < -0.39 is 0 Å². The van der Waals surface area contributed by atoms with Crippen LogP contribution in [0.2, 0.25) is 0 Å². The average molecular weight is 249 g/mol. The highest BCUT2D eigenvalue weighted by atomic mass is 79.9. The van der Waals surface area contributed by atoms with Gasteiger partial charge in [-0.25, -0.2) is 0 Å². The number of hydrogen-bond donors (Lipinski definition) is 0. The van der Waals surface area contributed by atoms with Crippen molar-refractivity contribution in [1.82, 2.24) is 0 Å². The van der Waals surface area contributed by atoms with Crippen LogP contribution >= 0.6 is 15.9 Å². The molecule has 0 heterocycles. The molecule has 1 aromatic carbocycles. The van der Waals surface area contributed by atoms with Crippen LogP contribution in [0.25, 0.3) is 0 Å². The van der Waals surface area contributed by atoms with Crippen LogP contribution in [0, 0.1) is 0 Å². The lowest BCUT2D eigenvalue weighted by Crippen LogP contribution is -1.90. The van der Waals surface area contributed by atoms with E-state index >= 15 is 0 Å². The van der Waals surface area contributed by atoms with Crippen molar-refractivity contribution in [3.8, 4) is 0 Å². The Hall–Kier alpha value is -0.820. The molecule has 0 nitrogen and oxygen atoms in total. The molecular weight excluding hydrogens is 236 g/mol. The summed E-state index contributed by atoms with van der Waals surface area (Å²) in [5.41, 5.74) is 2.81.